The van der Waals surface area contributed by atoms with Crippen molar-refractivity contribution in [3.8, 4) is 10.4 Å². The van der Waals surface area contributed by atoms with E-state index in [-0.39, 0.29) is 0 Å². The van der Waals surface area contributed by atoms with E-state index in [9.17, 15) is 4.79 Å². The maximum Gasteiger partial charge on any atom is 0.125 e. The lowest BCUT2D eigenvalue weighted by Gasteiger charge is -2.08. The van der Waals surface area contributed by atoms with Gasteiger partial charge in [-0.2, -0.15) is 0 Å². The Bertz CT molecular complexity index is 568. The quantitative estimate of drug-likeness (QED) is 0.805. The number of aldehydes is 1. The van der Waals surface area contributed by atoms with E-state index in [4.69, 9.17) is 17.3 Å². The van der Waals surface area contributed by atoms with E-state index in [1.54, 1.807) is 11.3 Å². The Morgan fingerprint density at radius 3 is 2.84 bits per heavy atom. The van der Waals surface area contributed by atoms with Crippen LogP contribution in [0, 0.1) is 0 Å². The van der Waals surface area contributed by atoms with E-state index in [1.807, 2.05) is 30.3 Å². The summed E-state index contributed by atoms with van der Waals surface area (Å²) in [6, 6.07) is 9.88. The summed E-state index contributed by atoms with van der Waals surface area (Å²) in [5.41, 5.74) is 7.40. The molecular weight excluding hydrogens is 280 g/mol. The van der Waals surface area contributed by atoms with Gasteiger partial charge in [0.25, 0.3) is 0 Å². The van der Waals surface area contributed by atoms with Gasteiger partial charge in [-0.15, -0.1) is 11.3 Å². The molecule has 5 heteroatoms. The molecule has 1 heterocycles. The lowest BCUT2D eigenvalue weighted by Crippen LogP contribution is -2.13. The number of nitrogens with one attached hydrogen (secondary N) is 1. The number of nitrogens with two attached hydrogens (primary N) is 1. The van der Waals surface area contributed by atoms with E-state index < -0.39 is 0 Å². The molecule has 0 aliphatic rings. The van der Waals surface area contributed by atoms with Crippen LogP contribution in [0.1, 0.15) is 4.88 Å². The molecule has 0 unspecified atom stereocenters. The maximum atomic E-state index is 10.5. The number of carbonyl (C=O) groups is 1. The molecule has 0 amide bonds. The zero-order valence-electron chi connectivity index (χ0n) is 10.4. The number of halogens is 1. The van der Waals surface area contributed by atoms with Gasteiger partial charge in [0.1, 0.15) is 6.29 Å². The van der Waals surface area contributed by atoms with Crippen LogP contribution in [0.4, 0.5) is 5.69 Å². The van der Waals surface area contributed by atoms with Crippen LogP contribution in [0.25, 0.3) is 10.4 Å². The minimum atomic E-state index is 0.467. The van der Waals surface area contributed by atoms with Gasteiger partial charge in [-0.05, 0) is 29.8 Å². The van der Waals surface area contributed by atoms with E-state index in [0.717, 1.165) is 27.3 Å². The molecule has 100 valence electrons. The van der Waals surface area contributed by atoms with Crippen molar-refractivity contribution in [2.75, 3.05) is 18.4 Å². The van der Waals surface area contributed by atoms with Crippen molar-refractivity contribution in [2.24, 2.45) is 5.73 Å². The number of carbonyl (C=O) groups excluding carboxylic acids is 1. The predicted octanol–water partition coefficient (Wildman–Crippen LogP) is 3.18. The number of hydrogen-bond acceptors (Lipinski definition) is 4. The highest BCUT2D eigenvalue weighted by Gasteiger charge is 2.06. The molecule has 0 fully saturated rings. The van der Waals surface area contributed by atoms with Crippen LogP contribution in [0.3, 0.4) is 0 Å². The molecule has 0 radical (unpaired) electrons. The van der Waals surface area contributed by atoms with Crippen LogP contribution < -0.4 is 11.1 Å². The van der Waals surface area contributed by atoms with Gasteiger partial charge in [-0.1, -0.05) is 17.7 Å². The van der Waals surface area contributed by atoms with Gasteiger partial charge in [0, 0.05) is 29.3 Å². The Kier molecular flexibility index (Phi) is 4.96. The Morgan fingerprint density at radius 2 is 2.16 bits per heavy atom. The van der Waals surface area contributed by atoms with Crippen LogP contribution in [0.5, 0.6) is 0 Å². The van der Waals surface area contributed by atoms with Crippen molar-refractivity contribution in [3.05, 3.63) is 40.2 Å². The van der Waals surface area contributed by atoms with Gasteiger partial charge < -0.3 is 15.8 Å². The summed E-state index contributed by atoms with van der Waals surface area (Å²) in [4.78, 5) is 12.7. The topological polar surface area (TPSA) is 55.1 Å². The number of hydrogen-bond donors (Lipinski definition) is 2. The molecule has 3 nitrogen and oxygen atoms in total. The molecule has 2 rings (SSSR count). The third-order valence-electron chi connectivity index (χ3n) is 2.66. The molecule has 0 saturated carbocycles. The van der Waals surface area contributed by atoms with Crippen molar-refractivity contribution < 1.29 is 4.79 Å². The second-order valence-electron chi connectivity index (χ2n) is 4.05. The van der Waals surface area contributed by atoms with Gasteiger partial charge in [0.2, 0.25) is 0 Å². The average Bonchev–Trinajstić information content (AvgIpc) is 2.86. The van der Waals surface area contributed by atoms with Crippen LogP contribution in [-0.2, 0) is 11.2 Å². The van der Waals surface area contributed by atoms with E-state index >= 15 is 0 Å². The Morgan fingerprint density at radius 1 is 1.32 bits per heavy atom. The summed E-state index contributed by atoms with van der Waals surface area (Å²) in [7, 11) is 0. The number of rotatable bonds is 6. The van der Waals surface area contributed by atoms with Crippen molar-refractivity contribution in [2.45, 2.75) is 6.42 Å². The van der Waals surface area contributed by atoms with Crippen molar-refractivity contribution >= 4 is 34.9 Å². The molecule has 0 bridgehead atoms. The van der Waals surface area contributed by atoms with Gasteiger partial charge in [-0.25, -0.2) is 0 Å². The summed E-state index contributed by atoms with van der Waals surface area (Å²) in [5, 5.41) is 3.84. The Hall–Kier alpha value is -1.36. The van der Waals surface area contributed by atoms with Gasteiger partial charge >= 0.3 is 0 Å². The fourth-order valence-corrected chi connectivity index (χ4v) is 2.94. The van der Waals surface area contributed by atoms with Crippen molar-refractivity contribution in [3.63, 3.8) is 0 Å². The van der Waals surface area contributed by atoms with Crippen LogP contribution in [0.15, 0.2) is 30.3 Å². The molecule has 19 heavy (non-hydrogen) atoms. The summed E-state index contributed by atoms with van der Waals surface area (Å²) in [6.07, 6.45) is 1.39. The van der Waals surface area contributed by atoms with Crippen molar-refractivity contribution in [1.82, 2.24) is 0 Å². The normalized spacial score (nSPS) is 10.4. The summed E-state index contributed by atoms with van der Waals surface area (Å²) >= 11 is 7.84. The molecule has 0 saturated heterocycles. The molecule has 3 N–H and O–H groups in total. The first-order valence-electron chi connectivity index (χ1n) is 6.01. The SMILES string of the molecule is NCCNc1ccc(-c2ccc(CC=O)s2)cc1Cl. The zero-order valence-corrected chi connectivity index (χ0v) is 11.9. The minimum Gasteiger partial charge on any atom is -0.383 e. The molecule has 0 aliphatic carbocycles. The maximum absolute atomic E-state index is 10.5. The highest BCUT2D eigenvalue weighted by atomic mass is 35.5. The zero-order chi connectivity index (χ0) is 13.7. The first-order chi connectivity index (χ1) is 9.24. The van der Waals surface area contributed by atoms with Gasteiger partial charge in [-0.3, -0.25) is 0 Å². The average molecular weight is 295 g/mol. The van der Waals surface area contributed by atoms with Crippen molar-refractivity contribution in [1.29, 1.82) is 0 Å². The molecule has 1 aromatic heterocycles. The second kappa shape index (κ2) is 6.70. The number of benzene rings is 1. The van der Waals surface area contributed by atoms with Crippen LogP contribution in [-0.4, -0.2) is 19.4 Å². The molecule has 0 atom stereocenters. The monoisotopic (exact) mass is 294 g/mol. The first kappa shape index (κ1) is 14.1. The molecule has 0 aliphatic heterocycles. The Balaban J connectivity index is 2.20. The fourth-order valence-electron chi connectivity index (χ4n) is 1.74. The largest absolute Gasteiger partial charge is 0.383 e. The van der Waals surface area contributed by atoms with E-state index in [2.05, 4.69) is 5.32 Å². The lowest BCUT2D eigenvalue weighted by molar-refractivity contribution is -0.107. The second-order valence-corrected chi connectivity index (χ2v) is 5.62. The summed E-state index contributed by atoms with van der Waals surface area (Å²) < 4.78 is 0. The van der Waals surface area contributed by atoms with Gasteiger partial charge in [0.05, 0.1) is 10.7 Å². The number of anilines is 1. The summed E-state index contributed by atoms with van der Waals surface area (Å²) in [6.45, 7) is 1.26. The first-order valence-corrected chi connectivity index (χ1v) is 7.20. The minimum absolute atomic E-state index is 0.467. The molecule has 0 spiro atoms. The highest BCUT2D eigenvalue weighted by Crippen LogP contribution is 2.32. The standard InChI is InChI=1S/C14H15ClN2OS/c15-12-9-10(1-3-13(12)17-7-6-16)14-4-2-11(19-14)5-8-18/h1-4,8-9,17H,5-7,16H2. The van der Waals surface area contributed by atoms with Crippen LogP contribution in [0.2, 0.25) is 5.02 Å². The fraction of sp³-hybridized carbons (Fsp3) is 0.214. The molecular formula is C14H15ClN2OS. The van der Waals surface area contributed by atoms with E-state index in [0.29, 0.717) is 24.5 Å². The smallest absolute Gasteiger partial charge is 0.125 e. The predicted molar refractivity (Wildman–Crippen MR) is 82.1 cm³/mol. The summed E-state index contributed by atoms with van der Waals surface area (Å²) in [5.74, 6) is 0. The Labute approximate surface area is 121 Å². The third kappa shape index (κ3) is 3.56. The van der Waals surface area contributed by atoms with Gasteiger partial charge in [0.15, 0.2) is 0 Å². The molecule has 1 aromatic carbocycles. The highest BCUT2D eigenvalue weighted by molar-refractivity contribution is 7.15. The van der Waals surface area contributed by atoms with Crippen LogP contribution >= 0.6 is 22.9 Å². The van der Waals surface area contributed by atoms with E-state index in [1.165, 1.54) is 0 Å². The lowest BCUT2D eigenvalue weighted by atomic mass is 10.1. The third-order valence-corrected chi connectivity index (χ3v) is 4.13. The number of thiophene rings is 1. The molecule has 2 aromatic rings.